The lowest BCUT2D eigenvalue weighted by Crippen LogP contribution is -2.41. The van der Waals surface area contributed by atoms with Crippen LogP contribution >= 0.6 is 22.9 Å². The van der Waals surface area contributed by atoms with E-state index in [9.17, 15) is 28.0 Å². The van der Waals surface area contributed by atoms with Gasteiger partial charge < -0.3 is 10.6 Å². The highest BCUT2D eigenvalue weighted by molar-refractivity contribution is 7.22. The van der Waals surface area contributed by atoms with Crippen LogP contribution < -0.4 is 22.0 Å². The summed E-state index contributed by atoms with van der Waals surface area (Å²) in [4.78, 5) is 38.9. The van der Waals surface area contributed by atoms with Gasteiger partial charge in [-0.2, -0.15) is 10.2 Å². The first kappa shape index (κ1) is 26.9. The molecule has 2 aromatic carbocycles. The standard InChI is InChI=1S/C25H16ClF3N8O2S/c26-15-6-17(10-31-9-15)37-24(38)35-22(36(25(37)39)12-13-1-3-18(27)14(5-13)8-30)33-16-2-4-19-20(7-16)40-23(34-19)32-11-21(28)29/h1-7,9-10,21H,11-12H2,(H,32,34)(H,33,35,38). The minimum absolute atomic E-state index is 0.0852. The summed E-state index contributed by atoms with van der Waals surface area (Å²) in [5, 5.41) is 15.2. The van der Waals surface area contributed by atoms with Crippen molar-refractivity contribution in [2.24, 2.45) is 0 Å². The molecule has 202 valence electrons. The number of anilines is 3. The first-order valence-corrected chi connectivity index (χ1v) is 12.6. The highest BCUT2D eigenvalue weighted by atomic mass is 35.5. The van der Waals surface area contributed by atoms with Crippen LogP contribution in [0.4, 0.5) is 29.9 Å². The number of aromatic nitrogens is 5. The third kappa shape index (κ3) is 5.65. The number of nitrogens with zero attached hydrogens (tertiary/aromatic N) is 6. The molecule has 0 aliphatic heterocycles. The fourth-order valence-electron chi connectivity index (χ4n) is 3.79. The van der Waals surface area contributed by atoms with E-state index in [1.165, 1.54) is 30.6 Å². The van der Waals surface area contributed by atoms with Crippen molar-refractivity contribution in [3.63, 3.8) is 0 Å². The highest BCUT2D eigenvalue weighted by Gasteiger charge is 2.17. The number of nitriles is 1. The molecule has 40 heavy (non-hydrogen) atoms. The topological polar surface area (TPSA) is 131 Å². The number of hydrogen-bond acceptors (Lipinski definition) is 9. The number of fused-ring (bicyclic) bond motifs is 1. The van der Waals surface area contributed by atoms with Crippen LogP contribution in [0.1, 0.15) is 11.1 Å². The normalized spacial score (nSPS) is 11.1. The SMILES string of the molecule is N#Cc1cc(Cn2c(Nc3ccc4nc(NCC(F)F)sc4c3)nc(=O)n(-c3cncc(Cl)c3)c2=O)ccc1F. The second-order valence-electron chi connectivity index (χ2n) is 8.31. The van der Waals surface area contributed by atoms with E-state index in [1.807, 2.05) is 0 Å². The molecule has 3 aromatic heterocycles. The second kappa shape index (κ2) is 11.2. The summed E-state index contributed by atoms with van der Waals surface area (Å²) < 4.78 is 41.6. The molecular weight excluding hydrogens is 569 g/mol. The average molecular weight is 585 g/mol. The summed E-state index contributed by atoms with van der Waals surface area (Å²) in [6.07, 6.45) is 0.0723. The Bertz CT molecular complexity index is 1900. The van der Waals surface area contributed by atoms with Crippen LogP contribution in [0.5, 0.6) is 0 Å². The zero-order valence-electron chi connectivity index (χ0n) is 20.1. The first-order valence-electron chi connectivity index (χ1n) is 11.4. The van der Waals surface area contributed by atoms with Crippen LogP contribution in [-0.2, 0) is 6.54 Å². The molecule has 0 spiro atoms. The third-order valence-electron chi connectivity index (χ3n) is 5.56. The maximum atomic E-state index is 13.9. The van der Waals surface area contributed by atoms with E-state index in [2.05, 4.69) is 25.6 Å². The number of hydrogen-bond donors (Lipinski definition) is 2. The van der Waals surface area contributed by atoms with Gasteiger partial charge in [0.1, 0.15) is 11.9 Å². The predicted octanol–water partition coefficient (Wildman–Crippen LogP) is 4.53. The molecule has 0 aliphatic rings. The number of nitrogens with one attached hydrogen (secondary N) is 2. The molecule has 0 atom stereocenters. The molecule has 0 saturated heterocycles. The molecule has 5 rings (SSSR count). The van der Waals surface area contributed by atoms with Crippen molar-refractivity contribution in [2.75, 3.05) is 17.2 Å². The van der Waals surface area contributed by atoms with Crippen molar-refractivity contribution in [3.05, 3.63) is 97.8 Å². The van der Waals surface area contributed by atoms with Gasteiger partial charge in [0.2, 0.25) is 5.95 Å². The Kier molecular flexibility index (Phi) is 7.50. The Morgan fingerprint density at radius 1 is 1.10 bits per heavy atom. The molecule has 5 aromatic rings. The van der Waals surface area contributed by atoms with E-state index < -0.39 is 30.2 Å². The van der Waals surface area contributed by atoms with Crippen LogP contribution in [0, 0.1) is 17.1 Å². The van der Waals surface area contributed by atoms with Crippen molar-refractivity contribution in [1.29, 1.82) is 5.26 Å². The predicted molar refractivity (Wildman–Crippen MR) is 145 cm³/mol. The average Bonchev–Trinajstić information content (AvgIpc) is 3.33. The van der Waals surface area contributed by atoms with Gasteiger partial charge in [0.25, 0.3) is 6.43 Å². The summed E-state index contributed by atoms with van der Waals surface area (Å²) in [5.74, 6) is -0.853. The van der Waals surface area contributed by atoms with Crippen LogP contribution in [0.3, 0.4) is 0 Å². The van der Waals surface area contributed by atoms with E-state index in [-0.39, 0.29) is 28.8 Å². The Morgan fingerprint density at radius 3 is 2.67 bits per heavy atom. The molecule has 0 unspecified atom stereocenters. The number of thiazole rings is 1. The van der Waals surface area contributed by atoms with Gasteiger partial charge in [-0.25, -0.2) is 32.3 Å². The van der Waals surface area contributed by atoms with Gasteiger partial charge in [-0.05, 0) is 42.0 Å². The number of rotatable bonds is 8. The molecule has 0 aliphatic carbocycles. The quantitative estimate of drug-likeness (QED) is 0.272. The Morgan fingerprint density at radius 2 is 1.93 bits per heavy atom. The Labute approximate surface area is 232 Å². The van der Waals surface area contributed by atoms with E-state index in [1.54, 1.807) is 24.3 Å². The van der Waals surface area contributed by atoms with E-state index in [0.717, 1.165) is 26.5 Å². The fraction of sp³-hybridized carbons (Fsp3) is 0.120. The zero-order chi connectivity index (χ0) is 28.4. The summed E-state index contributed by atoms with van der Waals surface area (Å²) >= 11 is 7.16. The lowest BCUT2D eigenvalue weighted by atomic mass is 10.1. The summed E-state index contributed by atoms with van der Waals surface area (Å²) in [6, 6.07) is 11.8. The molecule has 0 radical (unpaired) electrons. The minimum Gasteiger partial charge on any atom is -0.356 e. The number of pyridine rings is 1. The van der Waals surface area contributed by atoms with Gasteiger partial charge >= 0.3 is 11.4 Å². The Balaban J connectivity index is 1.58. The van der Waals surface area contributed by atoms with Crippen molar-refractivity contribution < 1.29 is 13.2 Å². The van der Waals surface area contributed by atoms with E-state index >= 15 is 0 Å². The summed E-state index contributed by atoms with van der Waals surface area (Å²) in [6.45, 7) is -0.724. The van der Waals surface area contributed by atoms with Crippen molar-refractivity contribution in [1.82, 2.24) is 24.1 Å². The first-order chi connectivity index (χ1) is 19.2. The Hall–Kier alpha value is -4.74. The maximum Gasteiger partial charge on any atom is 0.359 e. The lowest BCUT2D eigenvalue weighted by Gasteiger charge is -2.16. The molecule has 15 heteroatoms. The van der Waals surface area contributed by atoms with Gasteiger partial charge in [-0.3, -0.25) is 9.55 Å². The van der Waals surface area contributed by atoms with Crippen LogP contribution in [0.2, 0.25) is 5.02 Å². The number of benzene rings is 2. The van der Waals surface area contributed by atoms with Gasteiger partial charge in [-0.1, -0.05) is 29.0 Å². The monoisotopic (exact) mass is 584 g/mol. The van der Waals surface area contributed by atoms with Gasteiger partial charge in [0.15, 0.2) is 5.13 Å². The summed E-state index contributed by atoms with van der Waals surface area (Å²) in [5.41, 5.74) is -0.470. The van der Waals surface area contributed by atoms with Crippen LogP contribution in [0.25, 0.3) is 15.9 Å². The van der Waals surface area contributed by atoms with Gasteiger partial charge in [-0.15, -0.1) is 0 Å². The second-order valence-corrected chi connectivity index (χ2v) is 9.78. The molecule has 10 nitrogen and oxygen atoms in total. The highest BCUT2D eigenvalue weighted by Crippen LogP contribution is 2.29. The lowest BCUT2D eigenvalue weighted by molar-refractivity contribution is 0.163. The minimum atomic E-state index is -2.54. The zero-order valence-corrected chi connectivity index (χ0v) is 21.7. The largest absolute Gasteiger partial charge is 0.359 e. The molecule has 0 fully saturated rings. The number of halogens is 4. The molecule has 0 amide bonds. The number of alkyl halides is 2. The van der Waals surface area contributed by atoms with Gasteiger partial charge in [0.05, 0.1) is 45.8 Å². The summed E-state index contributed by atoms with van der Waals surface area (Å²) in [7, 11) is 0. The molecule has 0 saturated carbocycles. The molecule has 0 bridgehead atoms. The van der Waals surface area contributed by atoms with Crippen molar-refractivity contribution in [3.8, 4) is 11.8 Å². The third-order valence-corrected chi connectivity index (χ3v) is 6.75. The maximum absolute atomic E-state index is 13.9. The van der Waals surface area contributed by atoms with Crippen LogP contribution in [0.15, 0.2) is 64.4 Å². The van der Waals surface area contributed by atoms with Crippen molar-refractivity contribution in [2.45, 2.75) is 13.0 Å². The van der Waals surface area contributed by atoms with Crippen LogP contribution in [-0.4, -0.2) is 37.1 Å². The molecule has 3 heterocycles. The van der Waals surface area contributed by atoms with Gasteiger partial charge in [0, 0.05) is 11.9 Å². The van der Waals surface area contributed by atoms with Crippen molar-refractivity contribution >= 4 is 49.9 Å². The molecular formula is C25H16ClF3N8O2S. The molecule has 2 N–H and O–H groups in total. The fourth-order valence-corrected chi connectivity index (χ4v) is 4.87. The van der Waals surface area contributed by atoms with E-state index in [0.29, 0.717) is 26.6 Å². The smallest absolute Gasteiger partial charge is 0.356 e. The van der Waals surface area contributed by atoms with E-state index in [4.69, 9.17) is 11.6 Å².